The topological polar surface area (TPSA) is 66.7 Å². The van der Waals surface area contributed by atoms with Crippen molar-refractivity contribution in [2.75, 3.05) is 24.3 Å². The lowest BCUT2D eigenvalue weighted by molar-refractivity contribution is -0.113. The second kappa shape index (κ2) is 10.2. The van der Waals surface area contributed by atoms with Gasteiger partial charge in [0.05, 0.1) is 21.8 Å². The van der Waals surface area contributed by atoms with Crippen molar-refractivity contribution >= 4 is 46.3 Å². The summed E-state index contributed by atoms with van der Waals surface area (Å²) in [4.78, 5) is 34.6. The van der Waals surface area contributed by atoms with Gasteiger partial charge in [-0.1, -0.05) is 71.5 Å². The van der Waals surface area contributed by atoms with Crippen LogP contribution in [-0.4, -0.2) is 24.6 Å². The molecule has 0 saturated heterocycles. The number of halogens is 1. The van der Waals surface area contributed by atoms with E-state index in [4.69, 9.17) is 11.6 Å². The van der Waals surface area contributed by atoms with E-state index in [-0.39, 0.29) is 11.5 Å². The van der Waals surface area contributed by atoms with Gasteiger partial charge in [0.2, 0.25) is 0 Å². The Morgan fingerprint density at radius 2 is 1.70 bits per heavy atom. The summed E-state index contributed by atoms with van der Waals surface area (Å²) in [6, 6.07) is 23.7. The standard InChI is InChI=1S/C29H25ClN4O2S/c1-18-25(27(35)32-20-9-5-4-6-10-20)26(22-11-7-8-12-23(22)30)34-28(36)24(37-29(34)31-18)17-19-13-15-21(16-14-19)33(2)3/h4-17,26H,1-3H3,(H,32,35)/b24-17+/t26-/m0/s1. The molecule has 186 valence electrons. The molecule has 1 atom stereocenters. The molecule has 4 aromatic rings. The van der Waals surface area contributed by atoms with Crippen LogP contribution in [0.15, 0.2) is 99.9 Å². The van der Waals surface area contributed by atoms with Gasteiger partial charge >= 0.3 is 0 Å². The van der Waals surface area contributed by atoms with Crippen LogP contribution in [0.25, 0.3) is 6.08 Å². The molecule has 5 rings (SSSR count). The lowest BCUT2D eigenvalue weighted by atomic mass is 9.95. The van der Waals surface area contributed by atoms with E-state index in [2.05, 4.69) is 10.3 Å². The molecule has 1 N–H and O–H groups in total. The van der Waals surface area contributed by atoms with Gasteiger partial charge in [0.25, 0.3) is 11.5 Å². The smallest absolute Gasteiger partial charge is 0.271 e. The third-order valence-electron chi connectivity index (χ3n) is 6.21. The van der Waals surface area contributed by atoms with E-state index in [0.29, 0.717) is 36.9 Å². The van der Waals surface area contributed by atoms with Crippen molar-refractivity contribution in [1.82, 2.24) is 4.57 Å². The molecule has 0 saturated carbocycles. The molecule has 3 aromatic carbocycles. The number of carbonyl (C=O) groups excluding carboxylic acids is 1. The third kappa shape index (κ3) is 4.88. The van der Waals surface area contributed by atoms with Gasteiger partial charge in [-0.15, -0.1) is 0 Å². The maximum Gasteiger partial charge on any atom is 0.271 e. The molecule has 0 fully saturated rings. The van der Waals surface area contributed by atoms with Crippen LogP contribution in [0.4, 0.5) is 11.4 Å². The second-order valence-electron chi connectivity index (χ2n) is 8.91. The first-order valence-electron chi connectivity index (χ1n) is 11.7. The first-order chi connectivity index (χ1) is 17.8. The Labute approximate surface area is 223 Å². The number of fused-ring (bicyclic) bond motifs is 1. The highest BCUT2D eigenvalue weighted by molar-refractivity contribution is 7.07. The zero-order valence-electron chi connectivity index (χ0n) is 20.6. The minimum absolute atomic E-state index is 0.220. The highest BCUT2D eigenvalue weighted by Crippen LogP contribution is 2.34. The normalized spacial score (nSPS) is 15.2. The number of carbonyl (C=O) groups is 1. The van der Waals surface area contributed by atoms with Gasteiger partial charge in [-0.3, -0.25) is 14.2 Å². The van der Waals surface area contributed by atoms with Crippen LogP contribution in [0.5, 0.6) is 0 Å². The van der Waals surface area contributed by atoms with Crippen LogP contribution in [0.2, 0.25) is 5.02 Å². The minimum atomic E-state index is -0.716. The zero-order valence-corrected chi connectivity index (χ0v) is 22.2. The average Bonchev–Trinajstić information content (AvgIpc) is 3.18. The van der Waals surface area contributed by atoms with E-state index in [1.54, 1.807) is 17.6 Å². The van der Waals surface area contributed by atoms with Crippen molar-refractivity contribution in [3.8, 4) is 0 Å². The number of nitrogens with one attached hydrogen (secondary N) is 1. The van der Waals surface area contributed by atoms with Crippen LogP contribution >= 0.6 is 22.9 Å². The summed E-state index contributed by atoms with van der Waals surface area (Å²) in [5, 5.41) is 3.42. The Bertz CT molecular complexity index is 1690. The van der Waals surface area contributed by atoms with Gasteiger partial charge in [-0.25, -0.2) is 4.99 Å². The minimum Gasteiger partial charge on any atom is -0.378 e. The van der Waals surface area contributed by atoms with Crippen LogP contribution in [-0.2, 0) is 4.79 Å². The Morgan fingerprint density at radius 1 is 1.03 bits per heavy atom. The number of allylic oxidation sites excluding steroid dienone is 1. The molecule has 37 heavy (non-hydrogen) atoms. The fraction of sp³-hybridized carbons (Fsp3) is 0.138. The first kappa shape index (κ1) is 24.7. The molecule has 0 spiro atoms. The Hall–Kier alpha value is -3.94. The Kier molecular flexibility index (Phi) is 6.82. The number of rotatable bonds is 5. The third-order valence-corrected chi connectivity index (χ3v) is 7.53. The van der Waals surface area contributed by atoms with E-state index >= 15 is 0 Å². The number of thiazole rings is 1. The Morgan fingerprint density at radius 3 is 2.38 bits per heavy atom. The van der Waals surface area contributed by atoms with Crippen molar-refractivity contribution in [2.45, 2.75) is 13.0 Å². The number of benzene rings is 3. The summed E-state index contributed by atoms with van der Waals surface area (Å²) in [7, 11) is 3.96. The highest BCUT2D eigenvalue weighted by atomic mass is 35.5. The van der Waals surface area contributed by atoms with Crippen molar-refractivity contribution in [1.29, 1.82) is 0 Å². The highest BCUT2D eigenvalue weighted by Gasteiger charge is 2.33. The summed E-state index contributed by atoms with van der Waals surface area (Å²) >= 11 is 7.92. The summed E-state index contributed by atoms with van der Waals surface area (Å²) in [5.41, 5.74) is 4.00. The van der Waals surface area contributed by atoms with Gasteiger partial charge in [-0.05, 0) is 54.5 Å². The summed E-state index contributed by atoms with van der Waals surface area (Å²) < 4.78 is 2.12. The fourth-order valence-electron chi connectivity index (χ4n) is 4.34. The molecular formula is C29H25ClN4O2S. The van der Waals surface area contributed by atoms with Crippen molar-refractivity contribution in [3.05, 3.63) is 126 Å². The number of aromatic nitrogens is 1. The number of nitrogens with zero attached hydrogens (tertiary/aromatic N) is 3. The van der Waals surface area contributed by atoms with Gasteiger partial charge in [0.15, 0.2) is 4.80 Å². The molecule has 1 amide bonds. The summed E-state index contributed by atoms with van der Waals surface area (Å²) in [5.74, 6) is -0.328. The molecule has 2 heterocycles. The van der Waals surface area contributed by atoms with Crippen LogP contribution in [0.1, 0.15) is 24.1 Å². The number of anilines is 2. The van der Waals surface area contributed by atoms with E-state index < -0.39 is 6.04 Å². The zero-order chi connectivity index (χ0) is 26.1. The van der Waals surface area contributed by atoms with Gasteiger partial charge in [-0.2, -0.15) is 0 Å². The molecular weight excluding hydrogens is 504 g/mol. The van der Waals surface area contributed by atoms with Crippen LogP contribution < -0.4 is 25.1 Å². The molecule has 8 heteroatoms. The molecule has 1 aromatic heterocycles. The van der Waals surface area contributed by atoms with E-state index in [9.17, 15) is 9.59 Å². The molecule has 0 radical (unpaired) electrons. The number of hydrogen-bond donors (Lipinski definition) is 1. The predicted molar refractivity (Wildman–Crippen MR) is 151 cm³/mol. The Balaban J connectivity index is 1.66. The number of para-hydroxylation sites is 1. The van der Waals surface area contributed by atoms with E-state index in [1.165, 1.54) is 11.3 Å². The number of amides is 1. The maximum atomic E-state index is 13.8. The molecule has 0 aliphatic carbocycles. The van der Waals surface area contributed by atoms with Crippen LogP contribution in [0.3, 0.4) is 0 Å². The predicted octanol–water partition coefficient (Wildman–Crippen LogP) is 4.59. The van der Waals surface area contributed by atoms with Gasteiger partial charge < -0.3 is 10.2 Å². The monoisotopic (exact) mass is 528 g/mol. The molecule has 6 nitrogen and oxygen atoms in total. The lowest BCUT2D eigenvalue weighted by Gasteiger charge is -2.26. The fourth-order valence-corrected chi connectivity index (χ4v) is 5.63. The lowest BCUT2D eigenvalue weighted by Crippen LogP contribution is -2.40. The molecule has 0 bridgehead atoms. The number of hydrogen-bond acceptors (Lipinski definition) is 5. The maximum absolute atomic E-state index is 13.8. The quantitative estimate of drug-likeness (QED) is 0.412. The SMILES string of the molecule is CC1=C(C(=O)Nc2ccccc2)[C@H](c2ccccc2Cl)n2c(s/c(=C/c3ccc(N(C)C)cc3)c2=O)=N1. The molecule has 0 unspecified atom stereocenters. The second-order valence-corrected chi connectivity index (χ2v) is 10.3. The average molecular weight is 529 g/mol. The van der Waals surface area contributed by atoms with E-state index in [0.717, 1.165) is 11.3 Å². The summed E-state index contributed by atoms with van der Waals surface area (Å²) in [6.07, 6.45) is 1.86. The summed E-state index contributed by atoms with van der Waals surface area (Å²) in [6.45, 7) is 1.79. The van der Waals surface area contributed by atoms with Crippen molar-refractivity contribution in [2.24, 2.45) is 4.99 Å². The van der Waals surface area contributed by atoms with Gasteiger partial charge in [0.1, 0.15) is 0 Å². The van der Waals surface area contributed by atoms with Crippen LogP contribution in [0, 0.1) is 0 Å². The first-order valence-corrected chi connectivity index (χ1v) is 12.9. The molecule has 1 aliphatic heterocycles. The molecule has 1 aliphatic rings. The van der Waals surface area contributed by atoms with E-state index in [1.807, 2.05) is 97.9 Å². The van der Waals surface area contributed by atoms with Crippen molar-refractivity contribution < 1.29 is 4.79 Å². The largest absolute Gasteiger partial charge is 0.378 e. The van der Waals surface area contributed by atoms with Crippen molar-refractivity contribution in [3.63, 3.8) is 0 Å². The van der Waals surface area contributed by atoms with Gasteiger partial charge in [0, 0.05) is 30.5 Å².